The minimum Gasteiger partial charge on any atom is -0.356 e. The van der Waals surface area contributed by atoms with Gasteiger partial charge in [-0.1, -0.05) is 5.16 Å². The maximum atomic E-state index is 10.4. The van der Waals surface area contributed by atoms with Crippen molar-refractivity contribution >= 4 is 5.69 Å². The molecule has 0 amide bonds. The van der Waals surface area contributed by atoms with Crippen LogP contribution in [0.1, 0.15) is 5.56 Å². The van der Waals surface area contributed by atoms with Gasteiger partial charge in [0.15, 0.2) is 5.76 Å². The summed E-state index contributed by atoms with van der Waals surface area (Å²) in [6, 6.07) is 6.17. The standard InChI is InChI=1S/C10H8N2O3/c1-7-6-11-15-10(7)8-2-4-9(5-3-8)12(13)14/h2-6H,1H3. The molecule has 2 rings (SSSR count). The molecular weight excluding hydrogens is 196 g/mol. The van der Waals surface area contributed by atoms with E-state index in [0.29, 0.717) is 5.76 Å². The number of nitrogens with zero attached hydrogens (tertiary/aromatic N) is 2. The summed E-state index contributed by atoms with van der Waals surface area (Å²) in [6.07, 6.45) is 1.61. The molecule has 0 aliphatic carbocycles. The summed E-state index contributed by atoms with van der Waals surface area (Å²) in [7, 11) is 0. The minimum absolute atomic E-state index is 0.0657. The molecule has 0 saturated heterocycles. The lowest BCUT2D eigenvalue weighted by atomic mass is 10.1. The monoisotopic (exact) mass is 204 g/mol. The van der Waals surface area contributed by atoms with Crippen molar-refractivity contribution < 1.29 is 9.45 Å². The fourth-order valence-electron chi connectivity index (χ4n) is 1.30. The zero-order chi connectivity index (χ0) is 10.8. The van der Waals surface area contributed by atoms with E-state index in [1.165, 1.54) is 12.1 Å². The summed E-state index contributed by atoms with van der Waals surface area (Å²) in [5.41, 5.74) is 1.76. The molecule has 0 aliphatic rings. The Morgan fingerprint density at radius 2 is 2.00 bits per heavy atom. The minimum atomic E-state index is -0.434. The van der Waals surface area contributed by atoms with Crippen molar-refractivity contribution in [3.8, 4) is 11.3 Å². The van der Waals surface area contributed by atoms with E-state index >= 15 is 0 Å². The summed E-state index contributed by atoms with van der Waals surface area (Å²) in [5, 5.41) is 14.1. The van der Waals surface area contributed by atoms with Gasteiger partial charge >= 0.3 is 0 Å². The first-order valence-corrected chi connectivity index (χ1v) is 4.34. The van der Waals surface area contributed by atoms with Crippen LogP contribution in [-0.2, 0) is 0 Å². The molecule has 76 valence electrons. The Labute approximate surface area is 85.5 Å². The van der Waals surface area contributed by atoms with Crippen LogP contribution >= 0.6 is 0 Å². The van der Waals surface area contributed by atoms with Gasteiger partial charge in [-0.25, -0.2) is 0 Å². The van der Waals surface area contributed by atoms with Gasteiger partial charge in [0, 0.05) is 23.3 Å². The second kappa shape index (κ2) is 3.53. The molecule has 0 aliphatic heterocycles. The van der Waals surface area contributed by atoms with Gasteiger partial charge in [0.1, 0.15) is 0 Å². The molecule has 0 saturated carbocycles. The van der Waals surface area contributed by atoms with Gasteiger partial charge in [-0.15, -0.1) is 0 Å². The van der Waals surface area contributed by atoms with E-state index < -0.39 is 4.92 Å². The molecule has 1 aromatic heterocycles. The molecule has 2 aromatic rings. The Morgan fingerprint density at radius 3 is 2.47 bits per heavy atom. The van der Waals surface area contributed by atoms with Crippen LogP contribution in [-0.4, -0.2) is 10.1 Å². The van der Waals surface area contributed by atoms with Crippen molar-refractivity contribution in [2.75, 3.05) is 0 Å². The lowest BCUT2D eigenvalue weighted by Gasteiger charge is -1.96. The van der Waals surface area contributed by atoms with E-state index in [1.807, 2.05) is 6.92 Å². The number of aromatic nitrogens is 1. The lowest BCUT2D eigenvalue weighted by Crippen LogP contribution is -1.87. The second-order valence-corrected chi connectivity index (χ2v) is 3.14. The summed E-state index contributed by atoms with van der Waals surface area (Å²) < 4.78 is 5.03. The smallest absolute Gasteiger partial charge is 0.269 e. The van der Waals surface area contributed by atoms with Gasteiger partial charge < -0.3 is 4.52 Å². The maximum absolute atomic E-state index is 10.4. The molecule has 0 atom stereocenters. The fourth-order valence-corrected chi connectivity index (χ4v) is 1.30. The van der Waals surface area contributed by atoms with Crippen LogP contribution in [0.25, 0.3) is 11.3 Å². The Morgan fingerprint density at radius 1 is 1.33 bits per heavy atom. The first kappa shape index (κ1) is 9.39. The van der Waals surface area contributed by atoms with Gasteiger partial charge in [0.2, 0.25) is 0 Å². The maximum Gasteiger partial charge on any atom is 0.269 e. The molecule has 5 heteroatoms. The molecule has 0 unspecified atom stereocenters. The molecule has 0 spiro atoms. The molecule has 5 nitrogen and oxygen atoms in total. The van der Waals surface area contributed by atoms with Crippen molar-refractivity contribution in [1.82, 2.24) is 5.16 Å². The third kappa shape index (κ3) is 1.71. The van der Waals surface area contributed by atoms with Gasteiger partial charge in [-0.3, -0.25) is 10.1 Å². The highest BCUT2D eigenvalue weighted by Gasteiger charge is 2.09. The predicted molar refractivity (Wildman–Crippen MR) is 53.3 cm³/mol. The van der Waals surface area contributed by atoms with Crippen LogP contribution < -0.4 is 0 Å². The van der Waals surface area contributed by atoms with E-state index in [0.717, 1.165) is 11.1 Å². The zero-order valence-electron chi connectivity index (χ0n) is 8.01. The number of benzene rings is 1. The van der Waals surface area contributed by atoms with Crippen LogP contribution in [0, 0.1) is 17.0 Å². The highest BCUT2D eigenvalue weighted by Crippen LogP contribution is 2.24. The number of nitro benzene ring substituents is 1. The molecule has 0 fully saturated rings. The third-order valence-corrected chi connectivity index (χ3v) is 2.09. The van der Waals surface area contributed by atoms with Crippen molar-refractivity contribution in [3.05, 3.63) is 46.1 Å². The topological polar surface area (TPSA) is 69.2 Å². The number of aryl methyl sites for hydroxylation is 1. The molecule has 0 bridgehead atoms. The third-order valence-electron chi connectivity index (χ3n) is 2.09. The van der Waals surface area contributed by atoms with Crippen LogP contribution in [0.3, 0.4) is 0 Å². The SMILES string of the molecule is Cc1cnoc1-c1ccc([N+](=O)[O-])cc1. The summed E-state index contributed by atoms with van der Waals surface area (Å²) in [6.45, 7) is 1.87. The average molecular weight is 204 g/mol. The zero-order valence-corrected chi connectivity index (χ0v) is 8.01. The Kier molecular flexibility index (Phi) is 2.21. The lowest BCUT2D eigenvalue weighted by molar-refractivity contribution is -0.384. The van der Waals surface area contributed by atoms with Crippen molar-refractivity contribution in [3.63, 3.8) is 0 Å². The molecule has 15 heavy (non-hydrogen) atoms. The van der Waals surface area contributed by atoms with E-state index in [1.54, 1.807) is 18.3 Å². The Balaban J connectivity index is 2.40. The molecular formula is C10H8N2O3. The second-order valence-electron chi connectivity index (χ2n) is 3.14. The highest BCUT2D eigenvalue weighted by atomic mass is 16.6. The van der Waals surface area contributed by atoms with E-state index in [4.69, 9.17) is 4.52 Å². The van der Waals surface area contributed by atoms with Gasteiger partial charge in [0.25, 0.3) is 5.69 Å². The van der Waals surface area contributed by atoms with Gasteiger partial charge in [-0.2, -0.15) is 0 Å². The number of hydrogen-bond donors (Lipinski definition) is 0. The number of non-ortho nitro benzene ring substituents is 1. The van der Waals surface area contributed by atoms with E-state index in [2.05, 4.69) is 5.16 Å². The first-order valence-electron chi connectivity index (χ1n) is 4.34. The summed E-state index contributed by atoms with van der Waals surface area (Å²) in [4.78, 5) is 10.0. The number of nitro groups is 1. The van der Waals surface area contributed by atoms with E-state index in [-0.39, 0.29) is 5.69 Å². The Bertz CT molecular complexity index is 488. The summed E-state index contributed by atoms with van der Waals surface area (Å²) in [5.74, 6) is 0.643. The molecule has 0 radical (unpaired) electrons. The van der Waals surface area contributed by atoms with Crippen LogP contribution in [0.15, 0.2) is 35.0 Å². The quantitative estimate of drug-likeness (QED) is 0.556. The predicted octanol–water partition coefficient (Wildman–Crippen LogP) is 2.56. The Hall–Kier alpha value is -2.17. The first-order chi connectivity index (χ1) is 7.18. The van der Waals surface area contributed by atoms with Gasteiger partial charge in [-0.05, 0) is 19.1 Å². The molecule has 1 aromatic carbocycles. The fraction of sp³-hybridized carbons (Fsp3) is 0.100. The largest absolute Gasteiger partial charge is 0.356 e. The summed E-state index contributed by atoms with van der Waals surface area (Å²) >= 11 is 0. The molecule has 0 N–H and O–H groups in total. The van der Waals surface area contributed by atoms with Crippen molar-refractivity contribution in [2.45, 2.75) is 6.92 Å². The van der Waals surface area contributed by atoms with Crippen molar-refractivity contribution in [2.24, 2.45) is 0 Å². The van der Waals surface area contributed by atoms with Crippen LogP contribution in [0.2, 0.25) is 0 Å². The highest BCUT2D eigenvalue weighted by molar-refractivity contribution is 5.61. The van der Waals surface area contributed by atoms with E-state index in [9.17, 15) is 10.1 Å². The van der Waals surface area contributed by atoms with Crippen molar-refractivity contribution in [1.29, 1.82) is 0 Å². The number of hydrogen-bond acceptors (Lipinski definition) is 4. The molecule has 1 heterocycles. The average Bonchev–Trinajstić information content (AvgIpc) is 2.65. The number of rotatable bonds is 2. The van der Waals surface area contributed by atoms with Crippen LogP contribution in [0.4, 0.5) is 5.69 Å². The normalized spacial score (nSPS) is 10.2. The van der Waals surface area contributed by atoms with Crippen LogP contribution in [0.5, 0.6) is 0 Å². The van der Waals surface area contributed by atoms with Gasteiger partial charge in [0.05, 0.1) is 11.1 Å².